The Labute approximate surface area is 501 Å². The summed E-state index contributed by atoms with van der Waals surface area (Å²) in [6.07, 6.45) is 14.4. The number of hydrogen-bond acceptors (Lipinski definition) is 4. The molecule has 4 aromatic heterocycles. The summed E-state index contributed by atoms with van der Waals surface area (Å²) < 4.78 is 0. The zero-order chi connectivity index (χ0) is 54.0. The van der Waals surface area contributed by atoms with Gasteiger partial charge in [-0.3, -0.25) is 0 Å². The zero-order valence-electron chi connectivity index (χ0n) is 46.9. The first-order chi connectivity index (χ1) is 37.3. The van der Waals surface area contributed by atoms with Crippen molar-refractivity contribution in [3.8, 4) is 67.3 Å². The van der Waals surface area contributed by atoms with Crippen molar-refractivity contribution in [2.75, 3.05) is 0 Å². The van der Waals surface area contributed by atoms with E-state index in [-0.39, 0.29) is 40.2 Å². The quantitative estimate of drug-likeness (QED) is 0.0957. The van der Waals surface area contributed by atoms with Crippen LogP contribution < -0.4 is 10.4 Å². The maximum atomic E-state index is 4.85. The third kappa shape index (κ3) is 18.1. The first kappa shape index (κ1) is 61.9. The third-order valence-corrected chi connectivity index (χ3v) is 17.8. The van der Waals surface area contributed by atoms with Crippen LogP contribution >= 0.6 is 0 Å². The average molecular weight is 1420 g/mol. The monoisotopic (exact) mass is 1420 g/mol. The smallest absolute Gasteiger partial charge is 0.0799 e. The summed E-state index contributed by atoms with van der Waals surface area (Å²) in [5, 5.41) is 3.02. The summed E-state index contributed by atoms with van der Waals surface area (Å²) in [7, 11) is -2.79. The minimum Gasteiger partial charge on any atom is -0.305 e. The number of benzene rings is 6. The van der Waals surface area contributed by atoms with Crippen LogP contribution in [0.15, 0.2) is 219 Å². The molecule has 406 valence electrons. The molecule has 1 saturated carbocycles. The van der Waals surface area contributed by atoms with Crippen LogP contribution in [0.2, 0.25) is 39.3 Å². The molecule has 1 fully saturated rings. The molecule has 4 heterocycles. The Kier molecular flexibility index (Phi) is 23.7. The molecule has 1 aliphatic rings. The minimum atomic E-state index is -1.40. The van der Waals surface area contributed by atoms with E-state index in [1.54, 1.807) is 23.1 Å². The normalized spacial score (nSPS) is 12.0. The van der Waals surface area contributed by atoms with Crippen molar-refractivity contribution >= 4 is 26.5 Å². The second kappa shape index (κ2) is 30.3. The topological polar surface area (TPSA) is 51.6 Å². The van der Waals surface area contributed by atoms with Gasteiger partial charge in [0.1, 0.15) is 0 Å². The fourth-order valence-electron chi connectivity index (χ4n) is 9.69. The van der Waals surface area contributed by atoms with Crippen LogP contribution in [-0.2, 0) is 46.6 Å². The van der Waals surface area contributed by atoms with E-state index in [1.165, 1.54) is 58.7 Å². The fourth-order valence-corrected chi connectivity index (χ4v) is 12.9. The molecular formula is C71H72Ir2N4Si2-4. The Morgan fingerprint density at radius 3 is 1.25 bits per heavy atom. The summed E-state index contributed by atoms with van der Waals surface area (Å²) in [4.78, 5) is 18.1. The molecule has 0 unspecified atom stereocenters. The first-order valence-electron chi connectivity index (χ1n) is 27.2. The Morgan fingerprint density at radius 2 is 0.861 bits per heavy atom. The van der Waals surface area contributed by atoms with Crippen LogP contribution in [0.25, 0.3) is 67.3 Å². The van der Waals surface area contributed by atoms with E-state index in [2.05, 4.69) is 203 Å². The van der Waals surface area contributed by atoms with Crippen LogP contribution in [0.5, 0.6) is 0 Å². The van der Waals surface area contributed by atoms with Gasteiger partial charge < -0.3 is 19.9 Å². The molecule has 4 nitrogen and oxygen atoms in total. The molecule has 6 aromatic carbocycles. The largest absolute Gasteiger partial charge is 0.305 e. The molecule has 11 rings (SSSR count). The van der Waals surface area contributed by atoms with Crippen LogP contribution in [0.3, 0.4) is 0 Å². The Balaban J connectivity index is 0.000000179. The van der Waals surface area contributed by atoms with Gasteiger partial charge in [-0.05, 0) is 76.4 Å². The van der Waals surface area contributed by atoms with Gasteiger partial charge in [-0.25, -0.2) is 0 Å². The standard InChI is InChI=1S/C25H28NSi.C24H28NSi.2C11H8N.2Ir/c1-27(2,3)25-18-26-24(17-23(25)21-11-7-8-12-21)22-15-13-20(14-16-22)19-9-5-4-6-10-19;1-18(2)15-22-16-23(25-17-24(22)26(3,4)5)21-13-11-20(12-14-21)19-9-7-6-8-10-19;2*1-2-6-10(7-3-1)11-8-4-5-9-12-11;;/h4-6,9-10,13-15,17-18,21H,7-8,11-12H2,1-3H3;6-13,16-18H,15H2,1-5H3;2*1-6,8-9H;;/q4*-1;;. The first-order valence-corrected chi connectivity index (χ1v) is 34.2. The van der Waals surface area contributed by atoms with E-state index in [1.807, 2.05) is 91.0 Å². The van der Waals surface area contributed by atoms with Gasteiger partial charge in [0, 0.05) is 65.0 Å². The molecule has 1 aliphatic carbocycles. The SMILES string of the molecule is CC(C)Cc1cc(-c2[c-]cc(-c3ccccc3)cc2)ncc1[Si](C)(C)C.C[Si](C)(C)c1cnc(-c2[c-]cc(-c3ccccc3)cc2)cc1C1CCCC1.[Ir].[Ir].[c-]1ccccc1-c1ccccn1.[c-]1ccccc1-c1ccccn1. The molecular weight excluding hydrogens is 1350 g/mol. The van der Waals surface area contributed by atoms with Crippen molar-refractivity contribution in [3.05, 3.63) is 254 Å². The number of pyridine rings is 4. The zero-order valence-corrected chi connectivity index (χ0v) is 53.7. The molecule has 79 heavy (non-hydrogen) atoms. The summed E-state index contributed by atoms with van der Waals surface area (Å²) >= 11 is 0. The predicted octanol–water partition coefficient (Wildman–Crippen LogP) is 17.5. The maximum Gasteiger partial charge on any atom is 0.0799 e. The second-order valence-corrected chi connectivity index (χ2v) is 32.2. The van der Waals surface area contributed by atoms with E-state index >= 15 is 0 Å². The van der Waals surface area contributed by atoms with Crippen LogP contribution in [0.1, 0.15) is 56.6 Å². The van der Waals surface area contributed by atoms with E-state index in [4.69, 9.17) is 9.97 Å². The number of nitrogens with zero attached hydrogens (tertiary/aromatic N) is 4. The minimum absolute atomic E-state index is 0. The van der Waals surface area contributed by atoms with Crippen molar-refractivity contribution in [1.82, 2.24) is 19.9 Å². The summed E-state index contributed by atoms with van der Waals surface area (Å²) in [6.45, 7) is 19.1. The van der Waals surface area contributed by atoms with Crippen molar-refractivity contribution in [3.63, 3.8) is 0 Å². The van der Waals surface area contributed by atoms with Gasteiger partial charge in [-0.2, -0.15) is 0 Å². The number of rotatable bonds is 11. The predicted molar refractivity (Wildman–Crippen MR) is 331 cm³/mol. The summed E-state index contributed by atoms with van der Waals surface area (Å²) in [5.74, 6) is 1.36. The number of hydrogen-bond donors (Lipinski definition) is 0. The molecule has 2 radical (unpaired) electrons. The summed E-state index contributed by atoms with van der Waals surface area (Å²) in [6, 6.07) is 79.0. The van der Waals surface area contributed by atoms with E-state index < -0.39 is 16.1 Å². The van der Waals surface area contributed by atoms with Gasteiger partial charge in [0.15, 0.2) is 0 Å². The third-order valence-electron chi connectivity index (χ3n) is 13.7. The molecule has 10 aromatic rings. The molecule has 0 atom stereocenters. The molecule has 8 heteroatoms. The second-order valence-electron chi connectivity index (χ2n) is 22.2. The average Bonchev–Trinajstić information content (AvgIpc) is 4.05. The van der Waals surface area contributed by atoms with E-state index in [0.717, 1.165) is 57.4 Å². The number of aromatic nitrogens is 4. The Bertz CT molecular complexity index is 3180. The Hall–Kier alpha value is -6.35. The molecule has 0 N–H and O–H groups in total. The maximum absolute atomic E-state index is 4.85. The van der Waals surface area contributed by atoms with Crippen LogP contribution in [0, 0.1) is 30.2 Å². The van der Waals surface area contributed by atoms with E-state index in [0.29, 0.717) is 5.92 Å². The van der Waals surface area contributed by atoms with Gasteiger partial charge in [0.2, 0.25) is 0 Å². The van der Waals surface area contributed by atoms with Gasteiger partial charge in [-0.1, -0.05) is 196 Å². The van der Waals surface area contributed by atoms with Gasteiger partial charge in [0.25, 0.3) is 0 Å². The van der Waals surface area contributed by atoms with Crippen LogP contribution in [0.4, 0.5) is 0 Å². The molecule has 0 amide bonds. The van der Waals surface area contributed by atoms with Gasteiger partial charge in [-0.15, -0.1) is 131 Å². The summed E-state index contributed by atoms with van der Waals surface area (Å²) in [5.41, 5.74) is 16.2. The molecule has 0 saturated heterocycles. The molecule has 0 aliphatic heterocycles. The van der Waals surface area contributed by atoms with E-state index in [9.17, 15) is 0 Å². The molecule has 0 spiro atoms. The Morgan fingerprint density at radius 1 is 0.430 bits per heavy atom. The molecule has 0 bridgehead atoms. The van der Waals surface area contributed by atoms with Gasteiger partial charge in [0.05, 0.1) is 16.1 Å². The van der Waals surface area contributed by atoms with Crippen molar-refractivity contribution in [2.24, 2.45) is 5.92 Å². The fraction of sp³-hybridized carbons (Fsp3) is 0.211. The van der Waals surface area contributed by atoms with Crippen LogP contribution in [-0.4, -0.2) is 36.1 Å². The van der Waals surface area contributed by atoms with Crippen molar-refractivity contribution in [2.45, 2.75) is 91.2 Å². The van der Waals surface area contributed by atoms with Crippen molar-refractivity contribution in [1.29, 1.82) is 0 Å². The van der Waals surface area contributed by atoms with Crippen molar-refractivity contribution < 1.29 is 40.2 Å². The van der Waals surface area contributed by atoms with Gasteiger partial charge >= 0.3 is 0 Å².